The van der Waals surface area contributed by atoms with Crippen LogP contribution >= 0.6 is 11.3 Å². The first-order chi connectivity index (χ1) is 18.5. The largest absolute Gasteiger partial charge is 0.293 e. The highest BCUT2D eigenvalue weighted by Gasteiger charge is 2.20. The minimum absolute atomic E-state index is 0.0388. The zero-order chi connectivity index (χ0) is 27.1. The Morgan fingerprint density at radius 3 is 2.21 bits per heavy atom. The molecular formula is C30H31N7S. The quantitative estimate of drug-likeness (QED) is 0.195. The van der Waals surface area contributed by atoms with Gasteiger partial charge >= 0.3 is 0 Å². The van der Waals surface area contributed by atoms with Gasteiger partial charge in [0.2, 0.25) is 0 Å². The van der Waals surface area contributed by atoms with Crippen molar-refractivity contribution in [2.75, 3.05) is 0 Å². The van der Waals surface area contributed by atoms with Crippen LogP contribution in [0.1, 0.15) is 86.3 Å². The third kappa shape index (κ3) is 5.72. The van der Waals surface area contributed by atoms with Crippen molar-refractivity contribution >= 4 is 23.1 Å². The van der Waals surface area contributed by atoms with Crippen LogP contribution in [0.15, 0.2) is 64.8 Å². The van der Waals surface area contributed by atoms with Crippen molar-refractivity contribution < 1.29 is 0 Å². The van der Waals surface area contributed by atoms with Crippen LogP contribution in [0.25, 0.3) is 10.4 Å². The molecule has 4 aromatic rings. The summed E-state index contributed by atoms with van der Waals surface area (Å²) >= 11 is 1.64. The van der Waals surface area contributed by atoms with E-state index in [0.717, 1.165) is 40.3 Å². The Kier molecular flexibility index (Phi) is 8.78. The first-order valence-corrected chi connectivity index (χ1v) is 13.8. The first-order valence-electron chi connectivity index (χ1n) is 13.0. The lowest BCUT2D eigenvalue weighted by molar-refractivity contribution is 0.637. The molecule has 7 nitrogen and oxygen atoms in total. The summed E-state index contributed by atoms with van der Waals surface area (Å²) in [4.78, 5) is 10.1. The molecule has 0 saturated heterocycles. The van der Waals surface area contributed by atoms with E-state index in [-0.39, 0.29) is 17.3 Å². The van der Waals surface area contributed by atoms with Crippen LogP contribution in [-0.4, -0.2) is 14.5 Å². The number of hydrogen-bond acceptors (Lipinski definition) is 7. The van der Waals surface area contributed by atoms with Gasteiger partial charge in [-0.2, -0.15) is 15.5 Å². The van der Waals surface area contributed by atoms with Gasteiger partial charge in [-0.1, -0.05) is 82.3 Å². The molecule has 192 valence electrons. The first kappa shape index (κ1) is 26.9. The second kappa shape index (κ2) is 12.4. The molecule has 0 saturated carbocycles. The predicted molar refractivity (Wildman–Crippen MR) is 151 cm³/mol. The normalized spacial score (nSPS) is 12.1. The molecule has 0 bridgehead atoms. The molecule has 1 unspecified atom stereocenters. The smallest absolute Gasteiger partial charge is 0.252 e. The van der Waals surface area contributed by atoms with Crippen molar-refractivity contribution in [3.8, 4) is 22.6 Å². The highest BCUT2D eigenvalue weighted by atomic mass is 32.1. The molecule has 1 atom stereocenters. The molecule has 0 aliphatic carbocycles. The molecule has 2 aromatic carbocycles. The van der Waals surface area contributed by atoms with Gasteiger partial charge in [-0.15, -0.1) is 21.6 Å². The molecule has 0 spiro atoms. The zero-order valence-corrected chi connectivity index (χ0v) is 23.0. The fourth-order valence-electron chi connectivity index (χ4n) is 4.31. The SMILES string of the molecule is CCC(C)c1ccc(Cn2c(/N=N/c3nc(C(CC)CC)sc3-c3ccccc3)nc(C#N)c2C#N)cc1. The number of aromatic nitrogens is 3. The van der Waals surface area contributed by atoms with Crippen LogP contribution in [0, 0.1) is 22.7 Å². The van der Waals surface area contributed by atoms with Gasteiger partial charge in [0.1, 0.15) is 12.1 Å². The minimum Gasteiger partial charge on any atom is -0.293 e. The number of azo groups is 1. The second-order valence-electron chi connectivity index (χ2n) is 9.25. The topological polar surface area (TPSA) is 103 Å². The maximum Gasteiger partial charge on any atom is 0.252 e. The van der Waals surface area contributed by atoms with Gasteiger partial charge in [0, 0.05) is 5.92 Å². The monoisotopic (exact) mass is 521 g/mol. The Bertz CT molecular complexity index is 1480. The van der Waals surface area contributed by atoms with Crippen molar-refractivity contribution in [3.63, 3.8) is 0 Å². The second-order valence-corrected chi connectivity index (χ2v) is 10.3. The average molecular weight is 522 g/mol. The van der Waals surface area contributed by atoms with E-state index in [0.29, 0.717) is 24.2 Å². The third-order valence-electron chi connectivity index (χ3n) is 6.89. The standard InChI is InChI=1S/C30H31N7S/c1-5-20(4)23-15-13-21(14-16-23)19-37-26(18-32)25(17-31)33-30(37)36-35-28-27(24-11-9-8-10-12-24)38-29(34-28)22(6-2)7-3/h8-16,20,22H,5-7,19H2,1-4H3/b36-35+. The summed E-state index contributed by atoms with van der Waals surface area (Å²) < 4.78 is 1.65. The van der Waals surface area contributed by atoms with Gasteiger partial charge in [-0.3, -0.25) is 4.57 Å². The molecule has 0 radical (unpaired) electrons. The molecule has 38 heavy (non-hydrogen) atoms. The number of hydrogen-bond donors (Lipinski definition) is 0. The summed E-state index contributed by atoms with van der Waals surface area (Å²) in [6.07, 6.45) is 3.05. The summed E-state index contributed by atoms with van der Waals surface area (Å²) in [6.45, 7) is 9.06. The molecular weight excluding hydrogens is 490 g/mol. The molecule has 4 rings (SSSR count). The Morgan fingerprint density at radius 1 is 0.895 bits per heavy atom. The van der Waals surface area contributed by atoms with Crippen molar-refractivity contribution in [3.05, 3.63) is 82.1 Å². The molecule has 8 heteroatoms. The van der Waals surface area contributed by atoms with Gasteiger partial charge in [-0.05, 0) is 41.9 Å². The Hall–Kier alpha value is -4.14. The Labute approximate surface area is 228 Å². The van der Waals surface area contributed by atoms with E-state index >= 15 is 0 Å². The van der Waals surface area contributed by atoms with Crippen molar-refractivity contribution in [1.82, 2.24) is 14.5 Å². The number of thiazole rings is 1. The molecule has 0 amide bonds. The molecule has 2 heterocycles. The van der Waals surface area contributed by atoms with E-state index in [4.69, 9.17) is 4.98 Å². The molecule has 0 aliphatic heterocycles. The number of imidazole rings is 1. The van der Waals surface area contributed by atoms with Gasteiger partial charge < -0.3 is 0 Å². The number of nitrogens with zero attached hydrogens (tertiary/aromatic N) is 7. The summed E-state index contributed by atoms with van der Waals surface area (Å²) in [7, 11) is 0. The highest BCUT2D eigenvalue weighted by Crippen LogP contribution is 2.40. The summed E-state index contributed by atoms with van der Waals surface area (Å²) in [5.74, 6) is 1.55. The fourth-order valence-corrected chi connectivity index (χ4v) is 5.58. The minimum atomic E-state index is 0.0388. The van der Waals surface area contributed by atoms with Crippen LogP contribution < -0.4 is 0 Å². The van der Waals surface area contributed by atoms with Gasteiger partial charge in [-0.25, -0.2) is 4.98 Å². The van der Waals surface area contributed by atoms with Crippen molar-refractivity contribution in [2.45, 2.75) is 65.3 Å². The molecule has 0 fully saturated rings. The lowest BCUT2D eigenvalue weighted by Crippen LogP contribution is -2.03. The highest BCUT2D eigenvalue weighted by molar-refractivity contribution is 7.15. The molecule has 0 N–H and O–H groups in total. The maximum absolute atomic E-state index is 9.82. The van der Waals surface area contributed by atoms with Crippen LogP contribution in [0.5, 0.6) is 0 Å². The van der Waals surface area contributed by atoms with Crippen LogP contribution in [0.2, 0.25) is 0 Å². The van der Waals surface area contributed by atoms with Gasteiger partial charge in [0.25, 0.3) is 5.95 Å². The fraction of sp³-hybridized carbons (Fsp3) is 0.333. The predicted octanol–water partition coefficient (Wildman–Crippen LogP) is 8.63. The van der Waals surface area contributed by atoms with Gasteiger partial charge in [0.05, 0.1) is 16.4 Å². The van der Waals surface area contributed by atoms with E-state index in [2.05, 4.69) is 61.1 Å². The van der Waals surface area contributed by atoms with Crippen molar-refractivity contribution in [2.24, 2.45) is 10.2 Å². The van der Waals surface area contributed by atoms with E-state index in [1.807, 2.05) is 48.5 Å². The van der Waals surface area contributed by atoms with Gasteiger partial charge in [0.15, 0.2) is 17.2 Å². The van der Waals surface area contributed by atoms with E-state index in [1.165, 1.54) is 5.56 Å². The van der Waals surface area contributed by atoms with Crippen LogP contribution in [0.4, 0.5) is 11.8 Å². The summed E-state index contributed by atoms with van der Waals surface area (Å²) in [5, 5.41) is 29.4. The number of nitriles is 2. The van der Waals surface area contributed by atoms with Crippen molar-refractivity contribution in [1.29, 1.82) is 10.5 Å². The average Bonchev–Trinajstić information content (AvgIpc) is 3.53. The number of rotatable bonds is 10. The van der Waals surface area contributed by atoms with Crippen LogP contribution in [0.3, 0.4) is 0 Å². The summed E-state index contributed by atoms with van der Waals surface area (Å²) in [5.41, 5.74) is 3.49. The van der Waals surface area contributed by atoms with E-state index in [1.54, 1.807) is 15.9 Å². The molecule has 2 aromatic heterocycles. The van der Waals surface area contributed by atoms with Crippen LogP contribution in [-0.2, 0) is 6.54 Å². The zero-order valence-electron chi connectivity index (χ0n) is 22.2. The lowest BCUT2D eigenvalue weighted by Gasteiger charge is -2.11. The molecule has 0 aliphatic rings. The summed E-state index contributed by atoms with van der Waals surface area (Å²) in [6, 6.07) is 22.5. The third-order valence-corrected chi connectivity index (χ3v) is 8.15. The lowest BCUT2D eigenvalue weighted by atomic mass is 9.98. The number of benzene rings is 2. The maximum atomic E-state index is 9.82. The van der Waals surface area contributed by atoms with E-state index < -0.39 is 0 Å². The Balaban J connectivity index is 1.74. The van der Waals surface area contributed by atoms with E-state index in [9.17, 15) is 10.5 Å². The Morgan fingerprint density at radius 2 is 1.61 bits per heavy atom.